The first-order chi connectivity index (χ1) is 18.4. The number of nitrogens with one attached hydrogen (secondary N) is 1. The minimum absolute atomic E-state index is 0.0315. The molecule has 1 aliphatic heterocycles. The Morgan fingerprint density at radius 3 is 2.49 bits per heavy atom. The van der Waals surface area contributed by atoms with Gasteiger partial charge in [-0.3, -0.25) is 14.8 Å². The summed E-state index contributed by atoms with van der Waals surface area (Å²) in [6, 6.07) is 11.9. The molecule has 1 fully saturated rings. The van der Waals surface area contributed by atoms with Crippen molar-refractivity contribution in [2.75, 3.05) is 28.3 Å². The number of hydrazine groups is 1. The fraction of sp³-hybridized carbons (Fsp3) is 0.286. The van der Waals surface area contributed by atoms with E-state index < -0.39 is 17.6 Å². The lowest BCUT2D eigenvalue weighted by atomic mass is 10.1. The number of morpholine rings is 1. The topological polar surface area (TPSA) is 110 Å². The van der Waals surface area contributed by atoms with Crippen LogP contribution in [0.5, 0.6) is 0 Å². The molecule has 1 saturated heterocycles. The van der Waals surface area contributed by atoms with E-state index in [4.69, 9.17) is 16.3 Å². The van der Waals surface area contributed by atoms with Crippen molar-refractivity contribution in [2.45, 2.75) is 39.2 Å². The molecule has 11 heteroatoms. The van der Waals surface area contributed by atoms with E-state index in [0.29, 0.717) is 35.7 Å². The van der Waals surface area contributed by atoms with Crippen LogP contribution in [0, 0.1) is 6.92 Å². The number of aryl methyl sites for hydroxylation is 1. The smallest absolute Gasteiger partial charge is 0.397 e. The molecule has 2 aromatic carbocycles. The Balaban J connectivity index is 1.60. The van der Waals surface area contributed by atoms with Crippen molar-refractivity contribution >= 4 is 28.7 Å². The van der Waals surface area contributed by atoms with Crippen LogP contribution < -0.4 is 26.8 Å². The van der Waals surface area contributed by atoms with Crippen LogP contribution in [0.15, 0.2) is 67.1 Å². The second kappa shape index (κ2) is 11.3. The van der Waals surface area contributed by atoms with Crippen LogP contribution in [0.25, 0.3) is 5.70 Å². The SMILES string of the molecule is Cc1ccc(C(=O)Nc2cc(N3CC(C)OC(C)C3)cc(C(F)(F)F)c2)cc1N(N)/C=C(\N)c1cccnc1. The number of rotatable bonds is 6. The van der Waals surface area contributed by atoms with Crippen LogP contribution in [-0.2, 0) is 10.9 Å². The molecule has 0 saturated carbocycles. The largest absolute Gasteiger partial charge is 0.416 e. The number of benzene rings is 2. The summed E-state index contributed by atoms with van der Waals surface area (Å²) in [6.07, 6.45) is -0.155. The van der Waals surface area contributed by atoms with Crippen molar-refractivity contribution in [1.82, 2.24) is 4.98 Å². The van der Waals surface area contributed by atoms with Crippen molar-refractivity contribution in [3.05, 3.63) is 89.4 Å². The van der Waals surface area contributed by atoms with E-state index in [2.05, 4.69) is 10.3 Å². The van der Waals surface area contributed by atoms with Gasteiger partial charge in [-0.1, -0.05) is 6.07 Å². The Morgan fingerprint density at radius 1 is 1.13 bits per heavy atom. The lowest BCUT2D eigenvalue weighted by molar-refractivity contribution is -0.137. The predicted molar refractivity (Wildman–Crippen MR) is 146 cm³/mol. The first kappa shape index (κ1) is 27.9. The van der Waals surface area contributed by atoms with Crippen molar-refractivity contribution in [3.8, 4) is 0 Å². The number of aromatic nitrogens is 1. The maximum atomic E-state index is 13.7. The van der Waals surface area contributed by atoms with Gasteiger partial charge in [0.25, 0.3) is 5.91 Å². The standard InChI is InChI=1S/C28H31F3N6O2/c1-17-6-7-20(9-26(17)37(33)16-25(32)21-5-4-8-34-13-21)27(38)35-23-10-22(28(29,30)31)11-24(12-23)36-14-18(2)39-19(3)15-36/h4-13,16,18-19H,14-15,32-33H2,1-3H3,(H,35,38)/b25-16-. The summed E-state index contributed by atoms with van der Waals surface area (Å²) in [7, 11) is 0. The minimum atomic E-state index is -4.59. The molecule has 2 heterocycles. The Morgan fingerprint density at radius 2 is 1.85 bits per heavy atom. The second-order valence-electron chi connectivity index (χ2n) is 9.62. The van der Waals surface area contributed by atoms with Gasteiger partial charge in [-0.05, 0) is 68.8 Å². The van der Waals surface area contributed by atoms with E-state index in [-0.39, 0.29) is 23.5 Å². The molecule has 0 aliphatic carbocycles. The number of pyridine rings is 1. The highest BCUT2D eigenvalue weighted by Gasteiger charge is 2.33. The number of alkyl halides is 3. The summed E-state index contributed by atoms with van der Waals surface area (Å²) >= 11 is 0. The fourth-order valence-electron chi connectivity index (χ4n) is 4.48. The number of nitrogens with zero attached hydrogens (tertiary/aromatic N) is 3. The van der Waals surface area contributed by atoms with Gasteiger partial charge in [0.05, 0.1) is 29.2 Å². The zero-order chi connectivity index (χ0) is 28.3. The van der Waals surface area contributed by atoms with Crippen LogP contribution in [0.3, 0.4) is 0 Å². The number of carbonyl (C=O) groups is 1. The van der Waals surface area contributed by atoms with Gasteiger partial charge in [0, 0.05) is 54.2 Å². The van der Waals surface area contributed by atoms with Gasteiger partial charge in [-0.2, -0.15) is 13.2 Å². The first-order valence-corrected chi connectivity index (χ1v) is 12.4. The van der Waals surface area contributed by atoms with Crippen LogP contribution in [0.1, 0.15) is 40.9 Å². The second-order valence-corrected chi connectivity index (χ2v) is 9.62. The third-order valence-corrected chi connectivity index (χ3v) is 6.31. The molecule has 2 atom stereocenters. The molecule has 1 aliphatic rings. The average molecular weight is 541 g/mol. The van der Waals surface area contributed by atoms with Gasteiger partial charge < -0.3 is 20.7 Å². The van der Waals surface area contributed by atoms with Gasteiger partial charge in [0.2, 0.25) is 0 Å². The Labute approximate surface area is 225 Å². The number of carbonyl (C=O) groups excluding carboxylic acids is 1. The number of ether oxygens (including phenoxy) is 1. The van der Waals surface area contributed by atoms with E-state index in [1.807, 2.05) is 25.7 Å². The Kier molecular flexibility index (Phi) is 8.12. The van der Waals surface area contributed by atoms with Crippen molar-refractivity contribution < 1.29 is 22.7 Å². The molecule has 3 aromatic rings. The number of amides is 1. The van der Waals surface area contributed by atoms with E-state index in [1.54, 1.807) is 48.8 Å². The molecular weight excluding hydrogens is 509 g/mol. The molecular formula is C28H31F3N6O2. The molecule has 5 N–H and O–H groups in total. The highest BCUT2D eigenvalue weighted by Crippen LogP contribution is 2.35. The number of halogens is 3. The van der Waals surface area contributed by atoms with E-state index >= 15 is 0 Å². The average Bonchev–Trinajstić information content (AvgIpc) is 2.88. The van der Waals surface area contributed by atoms with Gasteiger partial charge in [-0.25, -0.2) is 5.84 Å². The zero-order valence-electron chi connectivity index (χ0n) is 21.9. The zero-order valence-corrected chi connectivity index (χ0v) is 21.9. The van der Waals surface area contributed by atoms with Crippen LogP contribution in [0.2, 0.25) is 0 Å². The summed E-state index contributed by atoms with van der Waals surface area (Å²) < 4.78 is 47.0. The summed E-state index contributed by atoms with van der Waals surface area (Å²) in [5, 5.41) is 3.91. The molecule has 0 bridgehead atoms. The molecule has 206 valence electrons. The number of hydrogen-bond donors (Lipinski definition) is 3. The summed E-state index contributed by atoms with van der Waals surface area (Å²) in [5.41, 5.74) is 8.19. The Hall–Kier alpha value is -4.09. The molecule has 1 aromatic heterocycles. The summed E-state index contributed by atoms with van der Waals surface area (Å²) in [5.74, 6) is 5.65. The monoisotopic (exact) mass is 540 g/mol. The lowest BCUT2D eigenvalue weighted by Crippen LogP contribution is -2.45. The maximum absolute atomic E-state index is 13.7. The molecule has 2 unspecified atom stereocenters. The third kappa shape index (κ3) is 6.87. The molecule has 0 spiro atoms. The van der Waals surface area contributed by atoms with E-state index in [1.165, 1.54) is 11.2 Å². The number of nitrogens with two attached hydrogens (primary N) is 2. The summed E-state index contributed by atoms with van der Waals surface area (Å²) in [6.45, 7) is 6.42. The summed E-state index contributed by atoms with van der Waals surface area (Å²) in [4.78, 5) is 19.0. The van der Waals surface area contributed by atoms with Gasteiger partial charge in [0.1, 0.15) is 0 Å². The van der Waals surface area contributed by atoms with Crippen LogP contribution >= 0.6 is 0 Å². The van der Waals surface area contributed by atoms with Crippen LogP contribution in [0.4, 0.5) is 30.2 Å². The fourth-order valence-corrected chi connectivity index (χ4v) is 4.48. The molecule has 0 radical (unpaired) electrons. The first-order valence-electron chi connectivity index (χ1n) is 12.4. The molecule has 1 amide bonds. The van der Waals surface area contributed by atoms with Crippen molar-refractivity contribution in [3.63, 3.8) is 0 Å². The lowest BCUT2D eigenvalue weighted by Gasteiger charge is -2.37. The number of hydrogen-bond acceptors (Lipinski definition) is 7. The van der Waals surface area contributed by atoms with Gasteiger partial charge in [-0.15, -0.1) is 0 Å². The van der Waals surface area contributed by atoms with E-state index in [9.17, 15) is 18.0 Å². The van der Waals surface area contributed by atoms with Gasteiger partial charge in [0.15, 0.2) is 0 Å². The maximum Gasteiger partial charge on any atom is 0.416 e. The Bertz CT molecular complexity index is 1350. The van der Waals surface area contributed by atoms with Crippen LogP contribution in [-0.4, -0.2) is 36.2 Å². The molecule has 39 heavy (non-hydrogen) atoms. The van der Waals surface area contributed by atoms with Crippen molar-refractivity contribution in [2.24, 2.45) is 11.6 Å². The molecule has 4 rings (SSSR count). The highest BCUT2D eigenvalue weighted by molar-refractivity contribution is 6.05. The predicted octanol–water partition coefficient (Wildman–Crippen LogP) is 4.91. The van der Waals surface area contributed by atoms with Crippen molar-refractivity contribution in [1.29, 1.82) is 0 Å². The third-order valence-electron chi connectivity index (χ3n) is 6.31. The number of anilines is 3. The van der Waals surface area contributed by atoms with E-state index in [0.717, 1.165) is 17.7 Å². The molecule has 8 nitrogen and oxygen atoms in total. The quantitative estimate of drug-likeness (QED) is 0.301. The van der Waals surface area contributed by atoms with Gasteiger partial charge >= 0.3 is 6.18 Å². The highest BCUT2D eigenvalue weighted by atomic mass is 19.4. The minimum Gasteiger partial charge on any atom is -0.397 e. The normalized spacial score (nSPS) is 18.1.